The summed E-state index contributed by atoms with van der Waals surface area (Å²) in [4.78, 5) is 14.3. The molecule has 0 saturated carbocycles. The molecule has 0 fully saturated rings. The zero-order valence-corrected chi connectivity index (χ0v) is 14.3. The molecule has 1 aromatic carbocycles. The van der Waals surface area contributed by atoms with Crippen LogP contribution in [0.4, 0.5) is 0 Å². The topological polar surface area (TPSA) is 60.2 Å². The number of aromatic nitrogens is 3. The van der Waals surface area contributed by atoms with Crippen LogP contribution < -0.4 is 0 Å². The molecule has 1 heterocycles. The third kappa shape index (κ3) is 4.93. The predicted molar refractivity (Wildman–Crippen MR) is 91.8 cm³/mol. The lowest BCUT2D eigenvalue weighted by atomic mass is 10.2. The summed E-state index contributed by atoms with van der Waals surface area (Å²) in [5, 5.41) is 7.50. The van der Waals surface area contributed by atoms with Crippen molar-refractivity contribution < 1.29 is 9.53 Å². The summed E-state index contributed by atoms with van der Waals surface area (Å²) in [6.07, 6.45) is 2.76. The summed E-state index contributed by atoms with van der Waals surface area (Å²) in [7, 11) is 0. The maximum atomic E-state index is 12.1. The third-order valence-electron chi connectivity index (χ3n) is 3.61. The van der Waals surface area contributed by atoms with E-state index in [9.17, 15) is 4.79 Å². The first-order valence-corrected chi connectivity index (χ1v) is 8.00. The number of carbonyl (C=O) groups excluding carboxylic acids is 1. The van der Waals surface area contributed by atoms with Gasteiger partial charge in [-0.3, -0.25) is 9.47 Å². The van der Waals surface area contributed by atoms with Gasteiger partial charge in [-0.15, -0.1) is 10.2 Å². The quantitative estimate of drug-likeness (QED) is 0.601. The number of esters is 1. The molecule has 0 radical (unpaired) electrons. The molecule has 0 aliphatic heterocycles. The van der Waals surface area contributed by atoms with Crippen molar-refractivity contribution in [2.24, 2.45) is 0 Å². The Hall–Kier alpha value is -2.65. The maximum absolute atomic E-state index is 12.1. The number of carbonyl (C=O) groups is 1. The van der Waals surface area contributed by atoms with E-state index in [0.717, 1.165) is 18.8 Å². The highest BCUT2D eigenvalue weighted by Gasteiger charge is 2.10. The first-order valence-electron chi connectivity index (χ1n) is 8.00. The molecule has 2 aromatic rings. The minimum Gasteiger partial charge on any atom is -0.446 e. The molecular weight excluding hydrogens is 304 g/mol. The molecule has 0 aliphatic rings. The fraction of sp³-hybridized carbons (Fsp3) is 0.389. The smallest absolute Gasteiger partial charge is 0.339 e. The van der Waals surface area contributed by atoms with E-state index in [1.807, 2.05) is 12.1 Å². The number of hydrogen-bond donors (Lipinski definition) is 0. The summed E-state index contributed by atoms with van der Waals surface area (Å²) >= 11 is 0. The van der Waals surface area contributed by atoms with Crippen LogP contribution in [-0.4, -0.2) is 51.4 Å². The van der Waals surface area contributed by atoms with E-state index < -0.39 is 6.10 Å². The van der Waals surface area contributed by atoms with E-state index in [0.29, 0.717) is 12.1 Å². The van der Waals surface area contributed by atoms with Gasteiger partial charge in [0, 0.05) is 5.69 Å². The van der Waals surface area contributed by atoms with Crippen molar-refractivity contribution in [2.75, 3.05) is 19.6 Å². The summed E-state index contributed by atoms with van der Waals surface area (Å²) in [5.74, 6) is 5.63. The van der Waals surface area contributed by atoms with Gasteiger partial charge in [-0.05, 0) is 44.3 Å². The summed E-state index contributed by atoms with van der Waals surface area (Å²) in [6, 6.07) is 7.06. The van der Waals surface area contributed by atoms with Crippen molar-refractivity contribution in [1.29, 1.82) is 0 Å². The fourth-order valence-electron chi connectivity index (χ4n) is 2.11. The van der Waals surface area contributed by atoms with Crippen molar-refractivity contribution in [1.82, 2.24) is 19.7 Å². The Kier molecular flexibility index (Phi) is 6.52. The lowest BCUT2D eigenvalue weighted by molar-refractivity contribution is 0.0438. The molecule has 0 spiro atoms. The monoisotopic (exact) mass is 326 g/mol. The highest BCUT2D eigenvalue weighted by atomic mass is 16.5. The number of rotatable bonds is 6. The molecule has 1 aromatic heterocycles. The molecule has 0 aliphatic carbocycles. The fourth-order valence-corrected chi connectivity index (χ4v) is 2.11. The van der Waals surface area contributed by atoms with E-state index in [1.165, 1.54) is 0 Å². The maximum Gasteiger partial charge on any atom is 0.339 e. The Balaban J connectivity index is 1.91. The molecule has 2 rings (SSSR count). The van der Waals surface area contributed by atoms with Crippen molar-refractivity contribution >= 4 is 5.97 Å². The SMILES string of the molecule is CCN(CC)CC#CC(C)OC(=O)c1ccc(-n2cnnc2)cc1. The lowest BCUT2D eigenvalue weighted by Gasteiger charge is -2.13. The molecule has 0 amide bonds. The van der Waals surface area contributed by atoms with E-state index in [1.54, 1.807) is 36.3 Å². The number of benzene rings is 1. The van der Waals surface area contributed by atoms with Gasteiger partial charge in [0.25, 0.3) is 0 Å². The standard InChI is InChI=1S/C18H22N4O2/c1-4-21(5-2)12-6-7-15(3)24-18(23)16-8-10-17(11-9-16)22-13-19-20-14-22/h8-11,13-15H,4-5,12H2,1-3H3. The molecule has 6 heteroatoms. The third-order valence-corrected chi connectivity index (χ3v) is 3.61. The number of hydrogen-bond acceptors (Lipinski definition) is 5. The second-order valence-corrected chi connectivity index (χ2v) is 5.25. The second-order valence-electron chi connectivity index (χ2n) is 5.25. The first-order chi connectivity index (χ1) is 11.6. The van der Waals surface area contributed by atoms with Gasteiger partial charge in [-0.1, -0.05) is 25.7 Å². The molecule has 1 unspecified atom stereocenters. The zero-order chi connectivity index (χ0) is 17.4. The van der Waals surface area contributed by atoms with E-state index in [-0.39, 0.29) is 5.97 Å². The van der Waals surface area contributed by atoms with Gasteiger partial charge in [-0.25, -0.2) is 4.79 Å². The van der Waals surface area contributed by atoms with Gasteiger partial charge in [0.15, 0.2) is 6.10 Å². The van der Waals surface area contributed by atoms with Gasteiger partial charge < -0.3 is 4.74 Å². The highest BCUT2D eigenvalue weighted by molar-refractivity contribution is 5.89. The lowest BCUT2D eigenvalue weighted by Crippen LogP contribution is -2.23. The van der Waals surface area contributed by atoms with Gasteiger partial charge in [0.1, 0.15) is 12.7 Å². The molecule has 6 nitrogen and oxygen atoms in total. The van der Waals surface area contributed by atoms with Gasteiger partial charge in [0.05, 0.1) is 12.1 Å². The largest absolute Gasteiger partial charge is 0.446 e. The summed E-state index contributed by atoms with van der Waals surface area (Å²) in [5.41, 5.74) is 1.37. The minimum atomic E-state index is -0.439. The van der Waals surface area contributed by atoms with Crippen molar-refractivity contribution in [3.05, 3.63) is 42.5 Å². The van der Waals surface area contributed by atoms with Crippen LogP contribution in [0, 0.1) is 11.8 Å². The minimum absolute atomic E-state index is 0.380. The van der Waals surface area contributed by atoms with Crippen LogP contribution in [-0.2, 0) is 4.74 Å². The average molecular weight is 326 g/mol. The molecule has 0 N–H and O–H groups in total. The van der Waals surface area contributed by atoms with Crippen molar-refractivity contribution in [2.45, 2.75) is 26.9 Å². The van der Waals surface area contributed by atoms with Crippen LogP contribution >= 0.6 is 0 Å². The van der Waals surface area contributed by atoms with Gasteiger partial charge in [0.2, 0.25) is 0 Å². The van der Waals surface area contributed by atoms with Gasteiger partial charge >= 0.3 is 5.97 Å². The Morgan fingerprint density at radius 3 is 2.42 bits per heavy atom. The highest BCUT2D eigenvalue weighted by Crippen LogP contribution is 2.10. The normalized spacial score (nSPS) is 11.7. The Morgan fingerprint density at radius 1 is 1.21 bits per heavy atom. The average Bonchev–Trinajstić information content (AvgIpc) is 3.13. The van der Waals surface area contributed by atoms with E-state index in [2.05, 4.69) is 40.8 Å². The molecular formula is C18H22N4O2. The van der Waals surface area contributed by atoms with Gasteiger partial charge in [-0.2, -0.15) is 0 Å². The van der Waals surface area contributed by atoms with Crippen LogP contribution in [0.25, 0.3) is 5.69 Å². The molecule has 0 bridgehead atoms. The first kappa shape index (κ1) is 17.7. The molecule has 24 heavy (non-hydrogen) atoms. The summed E-state index contributed by atoms with van der Waals surface area (Å²) in [6.45, 7) is 8.56. The molecule has 1 atom stereocenters. The molecule has 0 saturated heterocycles. The molecule has 126 valence electrons. The van der Waals surface area contributed by atoms with E-state index >= 15 is 0 Å². The van der Waals surface area contributed by atoms with Crippen LogP contribution in [0.3, 0.4) is 0 Å². The predicted octanol–water partition coefficient (Wildman–Crippen LogP) is 2.16. The second kappa shape index (κ2) is 8.85. The number of ether oxygens (including phenoxy) is 1. The Bertz CT molecular complexity index is 695. The Morgan fingerprint density at radius 2 is 1.83 bits per heavy atom. The summed E-state index contributed by atoms with van der Waals surface area (Å²) < 4.78 is 7.11. The van der Waals surface area contributed by atoms with Crippen molar-refractivity contribution in [3.63, 3.8) is 0 Å². The van der Waals surface area contributed by atoms with Crippen LogP contribution in [0.1, 0.15) is 31.1 Å². The van der Waals surface area contributed by atoms with Crippen LogP contribution in [0.15, 0.2) is 36.9 Å². The zero-order valence-electron chi connectivity index (χ0n) is 14.3. The van der Waals surface area contributed by atoms with Crippen LogP contribution in [0.5, 0.6) is 0 Å². The van der Waals surface area contributed by atoms with Crippen molar-refractivity contribution in [3.8, 4) is 17.5 Å². The number of nitrogens with zero attached hydrogens (tertiary/aromatic N) is 4. The Labute approximate surface area is 142 Å². The van der Waals surface area contributed by atoms with Crippen LogP contribution in [0.2, 0.25) is 0 Å². The van der Waals surface area contributed by atoms with E-state index in [4.69, 9.17) is 4.74 Å².